The van der Waals surface area contributed by atoms with Gasteiger partial charge < -0.3 is 21.4 Å². The SMILES string of the molecule is Cl.Cl.Cl.Cl.NC(=NCc1ccccc1)c1ccc2nc(-c3ccc(-c4nc5ccc(C(N)=NCc6ccccc6)cc5[nH]4)cc3)[nH]c2c1. The molecule has 246 valence electrons. The summed E-state index contributed by atoms with van der Waals surface area (Å²) in [6.45, 7) is 1.07. The lowest BCUT2D eigenvalue weighted by atomic mass is 10.1. The van der Waals surface area contributed by atoms with E-state index in [4.69, 9.17) is 21.4 Å². The zero-order valence-corrected chi connectivity index (χ0v) is 28.8. The van der Waals surface area contributed by atoms with Gasteiger partial charge in [0.05, 0.1) is 35.2 Å². The minimum Gasteiger partial charge on any atom is -0.383 e. The van der Waals surface area contributed by atoms with Crippen molar-refractivity contribution in [2.45, 2.75) is 13.1 Å². The van der Waals surface area contributed by atoms with Gasteiger partial charge in [0.1, 0.15) is 23.3 Å². The van der Waals surface area contributed by atoms with E-state index in [0.717, 1.165) is 67.1 Å². The van der Waals surface area contributed by atoms with E-state index < -0.39 is 0 Å². The number of nitrogens with two attached hydrogens (primary N) is 2. The van der Waals surface area contributed by atoms with Crippen LogP contribution in [0.2, 0.25) is 0 Å². The van der Waals surface area contributed by atoms with Crippen molar-refractivity contribution in [1.82, 2.24) is 19.9 Å². The molecule has 48 heavy (non-hydrogen) atoms. The Morgan fingerprint density at radius 2 is 0.875 bits per heavy atom. The number of nitrogens with one attached hydrogen (secondary N) is 2. The summed E-state index contributed by atoms with van der Waals surface area (Å²) in [7, 11) is 0. The van der Waals surface area contributed by atoms with Crippen LogP contribution in [-0.4, -0.2) is 31.6 Å². The van der Waals surface area contributed by atoms with E-state index in [1.807, 2.05) is 121 Å². The first-order valence-electron chi connectivity index (χ1n) is 14.4. The summed E-state index contributed by atoms with van der Waals surface area (Å²) >= 11 is 0. The molecule has 0 amide bonds. The van der Waals surface area contributed by atoms with Crippen LogP contribution in [-0.2, 0) is 13.1 Å². The van der Waals surface area contributed by atoms with Gasteiger partial charge >= 0.3 is 0 Å². The summed E-state index contributed by atoms with van der Waals surface area (Å²) in [5.41, 5.74) is 22.0. The molecule has 2 aromatic heterocycles. The van der Waals surface area contributed by atoms with E-state index in [1.54, 1.807) is 0 Å². The Kier molecular flexibility index (Phi) is 13.2. The van der Waals surface area contributed by atoms with Crippen LogP contribution in [0.3, 0.4) is 0 Å². The molecule has 0 spiro atoms. The average molecular weight is 721 g/mol. The fourth-order valence-electron chi connectivity index (χ4n) is 5.10. The van der Waals surface area contributed by atoms with Crippen LogP contribution in [0.4, 0.5) is 0 Å². The predicted octanol–water partition coefficient (Wildman–Crippen LogP) is 8.27. The molecule has 0 saturated carbocycles. The monoisotopic (exact) mass is 718 g/mol. The molecule has 5 aromatic carbocycles. The highest BCUT2D eigenvalue weighted by Gasteiger charge is 2.11. The Hall–Kier alpha value is -4.86. The van der Waals surface area contributed by atoms with E-state index in [0.29, 0.717) is 24.8 Å². The maximum absolute atomic E-state index is 6.30. The lowest BCUT2D eigenvalue weighted by molar-refractivity contribution is 1.06. The fraction of sp³-hybridized carbons (Fsp3) is 0.0556. The topological polar surface area (TPSA) is 134 Å². The molecule has 0 atom stereocenters. The molecule has 7 rings (SSSR count). The molecule has 0 fully saturated rings. The van der Waals surface area contributed by atoms with Crippen molar-refractivity contribution in [3.8, 4) is 22.8 Å². The number of aromatic amines is 2. The van der Waals surface area contributed by atoms with Crippen LogP contribution in [0.1, 0.15) is 22.3 Å². The number of H-pyrrole nitrogens is 2. The van der Waals surface area contributed by atoms with Gasteiger partial charge in [0.25, 0.3) is 0 Å². The second-order valence-corrected chi connectivity index (χ2v) is 10.6. The number of rotatable bonds is 8. The van der Waals surface area contributed by atoms with Crippen molar-refractivity contribution < 1.29 is 0 Å². The van der Waals surface area contributed by atoms with Gasteiger partial charge in [-0.2, -0.15) is 0 Å². The maximum Gasteiger partial charge on any atom is 0.138 e. The van der Waals surface area contributed by atoms with Crippen LogP contribution in [0.15, 0.2) is 131 Å². The third-order valence-corrected chi connectivity index (χ3v) is 7.54. The Balaban J connectivity index is 0.00000156. The van der Waals surface area contributed by atoms with Crippen LogP contribution >= 0.6 is 49.6 Å². The molecule has 0 aliphatic rings. The van der Waals surface area contributed by atoms with Crippen molar-refractivity contribution in [3.63, 3.8) is 0 Å². The van der Waals surface area contributed by atoms with Gasteiger partial charge in [-0.15, -0.1) is 49.6 Å². The second kappa shape index (κ2) is 16.8. The number of halogens is 4. The van der Waals surface area contributed by atoms with Crippen molar-refractivity contribution >= 4 is 83.4 Å². The van der Waals surface area contributed by atoms with Gasteiger partial charge in [-0.05, 0) is 47.5 Å². The van der Waals surface area contributed by atoms with Crippen molar-refractivity contribution in [1.29, 1.82) is 0 Å². The number of amidine groups is 2. The summed E-state index contributed by atoms with van der Waals surface area (Å²) in [5, 5.41) is 0. The van der Waals surface area contributed by atoms with Crippen LogP contribution < -0.4 is 11.5 Å². The van der Waals surface area contributed by atoms with Crippen molar-refractivity contribution in [2.24, 2.45) is 21.5 Å². The predicted molar refractivity (Wildman–Crippen MR) is 207 cm³/mol. The number of imidazole rings is 2. The lowest BCUT2D eigenvalue weighted by Gasteiger charge is -2.02. The smallest absolute Gasteiger partial charge is 0.138 e. The van der Waals surface area contributed by atoms with Crippen LogP contribution in [0.5, 0.6) is 0 Å². The van der Waals surface area contributed by atoms with E-state index in [1.165, 1.54) is 0 Å². The number of nitrogens with zero attached hydrogens (tertiary/aromatic N) is 4. The van der Waals surface area contributed by atoms with Crippen molar-refractivity contribution in [3.05, 3.63) is 144 Å². The largest absolute Gasteiger partial charge is 0.383 e. The van der Waals surface area contributed by atoms with Gasteiger partial charge in [0.2, 0.25) is 0 Å². The van der Waals surface area contributed by atoms with E-state index in [2.05, 4.69) is 20.0 Å². The van der Waals surface area contributed by atoms with E-state index >= 15 is 0 Å². The molecular weight excluding hydrogens is 686 g/mol. The Morgan fingerprint density at radius 3 is 1.25 bits per heavy atom. The quantitative estimate of drug-likeness (QED) is 0.0929. The highest BCUT2D eigenvalue weighted by Crippen LogP contribution is 2.26. The maximum atomic E-state index is 6.30. The molecule has 8 nitrogen and oxygen atoms in total. The number of hydrogen-bond donors (Lipinski definition) is 4. The average Bonchev–Trinajstić information content (AvgIpc) is 3.71. The first kappa shape index (κ1) is 37.6. The zero-order valence-electron chi connectivity index (χ0n) is 25.5. The molecule has 0 bridgehead atoms. The summed E-state index contributed by atoms with van der Waals surface area (Å²) in [4.78, 5) is 25.6. The molecule has 12 heteroatoms. The van der Waals surface area contributed by atoms with E-state index in [9.17, 15) is 0 Å². The highest BCUT2D eigenvalue weighted by molar-refractivity contribution is 6.01. The molecule has 2 heterocycles. The molecule has 0 unspecified atom stereocenters. The minimum absolute atomic E-state index is 0. The summed E-state index contributed by atoms with van der Waals surface area (Å²) < 4.78 is 0. The Bertz CT molecular complexity index is 1990. The molecule has 6 N–H and O–H groups in total. The molecule has 7 aromatic rings. The number of hydrogen-bond acceptors (Lipinski definition) is 4. The van der Waals surface area contributed by atoms with Crippen LogP contribution in [0, 0.1) is 0 Å². The molecule has 0 aliphatic heterocycles. The number of aliphatic imine (C=N–C) groups is 2. The number of fused-ring (bicyclic) bond motifs is 2. The lowest BCUT2D eigenvalue weighted by Crippen LogP contribution is -2.13. The van der Waals surface area contributed by atoms with Gasteiger partial charge in [0, 0.05) is 22.3 Å². The van der Waals surface area contributed by atoms with Gasteiger partial charge in [0.15, 0.2) is 0 Å². The van der Waals surface area contributed by atoms with Crippen LogP contribution in [0.25, 0.3) is 44.8 Å². The van der Waals surface area contributed by atoms with Gasteiger partial charge in [-0.25, -0.2) is 9.97 Å². The summed E-state index contributed by atoms with van der Waals surface area (Å²) in [5.74, 6) is 2.55. The molecular formula is C36H34Cl4N8. The Morgan fingerprint density at radius 1 is 0.500 bits per heavy atom. The standard InChI is InChI=1S/C36H30N8.4ClH/c37-33(39-21-23-7-3-1-4-8-23)27-15-17-29-31(19-27)43-35(41-29)25-11-13-26(14-12-25)36-42-30-18-16-28(20-32(30)44-36)34(38)40-22-24-9-5-2-6-10-24;;;;/h1-20H,21-22H2,(H2,37,39)(H2,38,40)(H,41,43)(H,42,44);4*1H. The highest BCUT2D eigenvalue weighted by atomic mass is 35.5. The third-order valence-electron chi connectivity index (χ3n) is 7.54. The zero-order chi connectivity index (χ0) is 29.9. The number of benzene rings is 5. The van der Waals surface area contributed by atoms with Gasteiger partial charge in [-0.3, -0.25) is 9.98 Å². The Labute approximate surface area is 302 Å². The fourth-order valence-corrected chi connectivity index (χ4v) is 5.10. The van der Waals surface area contributed by atoms with Gasteiger partial charge in [-0.1, -0.05) is 84.9 Å². The molecule has 0 saturated heterocycles. The first-order chi connectivity index (χ1) is 21.6. The van der Waals surface area contributed by atoms with Crippen molar-refractivity contribution in [2.75, 3.05) is 0 Å². The summed E-state index contributed by atoms with van der Waals surface area (Å²) in [6, 6.07) is 40.1. The second-order valence-electron chi connectivity index (χ2n) is 10.6. The summed E-state index contributed by atoms with van der Waals surface area (Å²) in [6.07, 6.45) is 0. The third kappa shape index (κ3) is 8.34. The first-order valence-corrected chi connectivity index (χ1v) is 14.4. The number of aromatic nitrogens is 4. The molecule has 0 aliphatic carbocycles. The van der Waals surface area contributed by atoms with E-state index in [-0.39, 0.29) is 49.6 Å². The normalized spacial score (nSPS) is 11.2. The minimum atomic E-state index is 0. The molecule has 0 radical (unpaired) electrons.